The van der Waals surface area contributed by atoms with Crippen LogP contribution in [0.4, 0.5) is 4.39 Å². The number of benzene rings is 1. The summed E-state index contributed by atoms with van der Waals surface area (Å²) in [6.45, 7) is 9.81. The van der Waals surface area contributed by atoms with Crippen LogP contribution in [-0.2, 0) is 0 Å². The number of nitrogens with zero attached hydrogens (tertiary/aromatic N) is 2. The van der Waals surface area contributed by atoms with E-state index in [-0.39, 0.29) is 11.7 Å². The van der Waals surface area contributed by atoms with Gasteiger partial charge in [-0.15, -0.1) is 0 Å². The maximum absolute atomic E-state index is 13.0. The molecule has 1 N–H and O–H groups in total. The molecule has 1 aromatic carbocycles. The van der Waals surface area contributed by atoms with Gasteiger partial charge in [-0.05, 0) is 47.7 Å². The van der Waals surface area contributed by atoms with Crippen LogP contribution < -0.4 is 5.32 Å². The van der Waals surface area contributed by atoms with Crippen molar-refractivity contribution in [2.24, 2.45) is 4.99 Å². The second-order valence-electron chi connectivity index (χ2n) is 4.63. The number of pyridine rings is 1. The third kappa shape index (κ3) is 6.98. The van der Waals surface area contributed by atoms with Crippen molar-refractivity contribution in [3.05, 3.63) is 71.3 Å². The summed E-state index contributed by atoms with van der Waals surface area (Å²) in [6, 6.07) is 8.95. The quantitative estimate of drug-likeness (QED) is 0.429. The fourth-order valence-electron chi connectivity index (χ4n) is 1.74. The van der Waals surface area contributed by atoms with Gasteiger partial charge >= 0.3 is 0 Å². The maximum atomic E-state index is 13.0. The molecular formula is C19H21ClFN3OS. The smallest absolute Gasteiger partial charge is 0.258 e. The van der Waals surface area contributed by atoms with Crippen molar-refractivity contribution >= 4 is 40.1 Å². The van der Waals surface area contributed by atoms with Crippen LogP contribution in [0.25, 0.3) is 5.70 Å². The molecule has 0 aliphatic carbocycles. The Balaban J connectivity index is 0.00000163. The van der Waals surface area contributed by atoms with E-state index in [0.29, 0.717) is 32.9 Å². The molecule has 0 atom stereocenters. The summed E-state index contributed by atoms with van der Waals surface area (Å²) in [5, 5.41) is 3.44. The first-order valence-electron chi connectivity index (χ1n) is 8.09. The number of thioether (sulfide) groups is 1. The number of amidine groups is 1. The molecule has 0 fully saturated rings. The van der Waals surface area contributed by atoms with Gasteiger partial charge in [-0.3, -0.25) is 4.79 Å². The molecular weight excluding hydrogens is 373 g/mol. The summed E-state index contributed by atoms with van der Waals surface area (Å²) in [5.41, 5.74) is 1.48. The Kier molecular flexibility index (Phi) is 9.62. The minimum Gasteiger partial charge on any atom is -0.301 e. The summed E-state index contributed by atoms with van der Waals surface area (Å²) in [7, 11) is 0. The second-order valence-corrected chi connectivity index (χ2v) is 6.27. The van der Waals surface area contributed by atoms with Crippen molar-refractivity contribution in [3.63, 3.8) is 0 Å². The van der Waals surface area contributed by atoms with E-state index in [1.165, 1.54) is 36.2 Å². The van der Waals surface area contributed by atoms with Crippen LogP contribution in [0, 0.1) is 5.82 Å². The fourth-order valence-corrected chi connectivity index (χ4v) is 2.47. The van der Waals surface area contributed by atoms with Crippen LogP contribution in [0.2, 0.25) is 5.15 Å². The van der Waals surface area contributed by atoms with Gasteiger partial charge in [-0.25, -0.2) is 14.4 Å². The standard InChI is InChI=1S/C17H15ClFN3OS.C2H6/c1-3-24-17(21-11(2)12-4-7-14(19)8-5-12)22-16(23)13-6-9-15(18)20-10-13;1-2/h4-10H,2-3H2,1H3,(H,21,22,23);1-2H3. The van der Waals surface area contributed by atoms with Crippen molar-refractivity contribution in [2.45, 2.75) is 20.8 Å². The zero-order chi connectivity index (χ0) is 19.5. The van der Waals surface area contributed by atoms with Gasteiger partial charge in [0.25, 0.3) is 5.91 Å². The van der Waals surface area contributed by atoms with Crippen LogP contribution in [0.3, 0.4) is 0 Å². The first kappa shape index (κ1) is 21.9. The maximum Gasteiger partial charge on any atom is 0.258 e. The van der Waals surface area contributed by atoms with Gasteiger partial charge in [0.05, 0.1) is 11.3 Å². The highest BCUT2D eigenvalue weighted by Gasteiger charge is 2.10. The van der Waals surface area contributed by atoms with Gasteiger partial charge in [0.1, 0.15) is 11.0 Å². The zero-order valence-electron chi connectivity index (χ0n) is 14.9. The molecule has 0 spiro atoms. The molecule has 0 saturated carbocycles. The third-order valence-corrected chi connectivity index (χ3v) is 3.88. The monoisotopic (exact) mass is 393 g/mol. The number of carbonyl (C=O) groups excluding carboxylic acids is 1. The number of aliphatic imine (C=N–C) groups is 1. The van der Waals surface area contributed by atoms with E-state index in [1.54, 1.807) is 18.2 Å². The highest BCUT2D eigenvalue weighted by atomic mass is 35.5. The minimum absolute atomic E-state index is 0.313. The van der Waals surface area contributed by atoms with E-state index >= 15 is 0 Å². The molecule has 4 nitrogen and oxygen atoms in total. The van der Waals surface area contributed by atoms with Gasteiger partial charge < -0.3 is 5.32 Å². The average molecular weight is 394 g/mol. The molecule has 0 saturated heterocycles. The summed E-state index contributed by atoms with van der Waals surface area (Å²) < 4.78 is 13.0. The molecule has 0 unspecified atom stereocenters. The Morgan fingerprint density at radius 3 is 2.38 bits per heavy atom. The molecule has 26 heavy (non-hydrogen) atoms. The predicted octanol–water partition coefficient (Wildman–Crippen LogP) is 5.41. The highest BCUT2D eigenvalue weighted by Crippen LogP contribution is 2.17. The predicted molar refractivity (Wildman–Crippen MR) is 109 cm³/mol. The molecule has 138 valence electrons. The van der Waals surface area contributed by atoms with Crippen molar-refractivity contribution in [1.29, 1.82) is 0 Å². The molecule has 1 amide bonds. The molecule has 0 aliphatic heterocycles. The normalized spacial score (nSPS) is 10.6. The van der Waals surface area contributed by atoms with E-state index in [9.17, 15) is 9.18 Å². The van der Waals surface area contributed by atoms with Crippen LogP contribution in [0.5, 0.6) is 0 Å². The second kappa shape index (κ2) is 11.4. The summed E-state index contributed by atoms with van der Waals surface area (Å²) >= 11 is 7.08. The van der Waals surface area contributed by atoms with E-state index in [2.05, 4.69) is 21.9 Å². The first-order chi connectivity index (χ1) is 12.5. The SMILES string of the molecule is C=C(N=C(NC(=O)c1ccc(Cl)nc1)SCC)c1ccc(F)cc1.CC. The van der Waals surface area contributed by atoms with Crippen LogP contribution in [0.1, 0.15) is 36.7 Å². The number of hydrogen-bond acceptors (Lipinski definition) is 4. The molecule has 0 radical (unpaired) electrons. The zero-order valence-corrected chi connectivity index (χ0v) is 16.5. The van der Waals surface area contributed by atoms with Crippen molar-refractivity contribution in [3.8, 4) is 0 Å². The molecule has 7 heteroatoms. The van der Waals surface area contributed by atoms with E-state index in [0.717, 1.165) is 0 Å². The molecule has 1 heterocycles. The molecule has 2 aromatic rings. The fraction of sp³-hybridized carbons (Fsp3) is 0.211. The van der Waals surface area contributed by atoms with E-state index < -0.39 is 0 Å². The number of halogens is 2. The van der Waals surface area contributed by atoms with Crippen molar-refractivity contribution in [2.75, 3.05) is 5.75 Å². The number of rotatable bonds is 4. The van der Waals surface area contributed by atoms with Crippen molar-refractivity contribution in [1.82, 2.24) is 10.3 Å². The van der Waals surface area contributed by atoms with Crippen LogP contribution >= 0.6 is 23.4 Å². The van der Waals surface area contributed by atoms with Gasteiger partial charge in [0.2, 0.25) is 0 Å². The number of nitrogens with one attached hydrogen (secondary N) is 1. The lowest BCUT2D eigenvalue weighted by atomic mass is 10.2. The first-order valence-corrected chi connectivity index (χ1v) is 9.45. The van der Waals surface area contributed by atoms with Crippen molar-refractivity contribution < 1.29 is 9.18 Å². The molecule has 0 bridgehead atoms. The molecule has 1 aromatic heterocycles. The van der Waals surface area contributed by atoms with Crippen LogP contribution in [0.15, 0.2) is 54.2 Å². The Hall–Kier alpha value is -2.18. The summed E-state index contributed by atoms with van der Waals surface area (Å²) in [5.74, 6) is 0.0438. The Labute approximate surface area is 162 Å². The van der Waals surface area contributed by atoms with Gasteiger partial charge in [-0.1, -0.05) is 50.7 Å². The minimum atomic E-state index is -0.342. The van der Waals surface area contributed by atoms with Gasteiger partial charge in [-0.2, -0.15) is 0 Å². The largest absolute Gasteiger partial charge is 0.301 e. The molecule has 2 rings (SSSR count). The third-order valence-electron chi connectivity index (χ3n) is 2.91. The van der Waals surface area contributed by atoms with Gasteiger partial charge in [0.15, 0.2) is 5.17 Å². The summed E-state index contributed by atoms with van der Waals surface area (Å²) in [4.78, 5) is 20.4. The highest BCUT2D eigenvalue weighted by molar-refractivity contribution is 8.13. The van der Waals surface area contributed by atoms with E-state index in [1.807, 2.05) is 20.8 Å². The Morgan fingerprint density at radius 2 is 1.85 bits per heavy atom. The van der Waals surface area contributed by atoms with E-state index in [4.69, 9.17) is 11.6 Å². The number of hydrogen-bond donors (Lipinski definition) is 1. The lowest BCUT2D eigenvalue weighted by Crippen LogP contribution is -2.28. The average Bonchev–Trinajstić information content (AvgIpc) is 2.64. The Bertz CT molecular complexity index is 761. The topological polar surface area (TPSA) is 54.4 Å². The lowest BCUT2D eigenvalue weighted by molar-refractivity contribution is 0.0977. The van der Waals surface area contributed by atoms with Crippen LogP contribution in [-0.4, -0.2) is 21.8 Å². The summed E-state index contributed by atoms with van der Waals surface area (Å²) in [6.07, 6.45) is 1.39. The molecule has 0 aliphatic rings. The number of amides is 1. The van der Waals surface area contributed by atoms with Gasteiger partial charge in [0, 0.05) is 6.20 Å². The number of aromatic nitrogens is 1. The lowest BCUT2D eigenvalue weighted by Gasteiger charge is -2.09. The number of carbonyl (C=O) groups is 1. The Morgan fingerprint density at radius 1 is 1.23 bits per heavy atom.